The van der Waals surface area contributed by atoms with Gasteiger partial charge in [0.05, 0.1) is 19.8 Å². The molecule has 0 unspecified atom stereocenters. The lowest BCUT2D eigenvalue weighted by Crippen LogP contribution is -2.39. The molecule has 0 saturated carbocycles. The molecule has 6 nitrogen and oxygen atoms in total. The maximum Gasteiger partial charge on any atom is 0.269 e. The average molecular weight is 391 g/mol. The molecule has 0 heterocycles. The molecule has 0 aliphatic heterocycles. The van der Waals surface area contributed by atoms with Crippen LogP contribution in [0.1, 0.15) is 64.7 Å². The highest BCUT2D eigenvalue weighted by molar-refractivity contribution is 5.95. The summed E-state index contributed by atoms with van der Waals surface area (Å²) >= 11 is 0. The first-order valence-electron chi connectivity index (χ1n) is 10.1. The quantitative estimate of drug-likeness (QED) is 0.610. The minimum absolute atomic E-state index is 0.119. The molecule has 0 radical (unpaired) electrons. The minimum atomic E-state index is -0.248. The lowest BCUT2D eigenvalue weighted by atomic mass is 9.76. The Morgan fingerprint density at radius 3 is 2.14 bits per heavy atom. The van der Waals surface area contributed by atoms with Crippen LogP contribution in [0.25, 0.3) is 0 Å². The van der Waals surface area contributed by atoms with E-state index in [1.54, 1.807) is 12.1 Å². The molecular formula is C22H34N2O4. The molecule has 1 aromatic carbocycles. The molecule has 1 aromatic rings. The highest BCUT2D eigenvalue weighted by Crippen LogP contribution is 2.39. The summed E-state index contributed by atoms with van der Waals surface area (Å²) in [6.07, 6.45) is 4.25. The molecule has 1 aliphatic rings. The van der Waals surface area contributed by atoms with Gasteiger partial charge in [-0.2, -0.15) is 0 Å². The van der Waals surface area contributed by atoms with Crippen LogP contribution < -0.4 is 25.1 Å². The van der Waals surface area contributed by atoms with Crippen LogP contribution in [0, 0.1) is 11.3 Å². The van der Waals surface area contributed by atoms with Gasteiger partial charge < -0.3 is 19.6 Å². The molecule has 6 heteroatoms. The number of ether oxygens (including phenoxy) is 3. The van der Waals surface area contributed by atoms with E-state index >= 15 is 0 Å². The topological polar surface area (TPSA) is 68.8 Å². The summed E-state index contributed by atoms with van der Waals surface area (Å²) in [5.41, 5.74) is 7.51. The van der Waals surface area contributed by atoms with Crippen molar-refractivity contribution in [3.05, 3.63) is 29.5 Å². The van der Waals surface area contributed by atoms with Crippen LogP contribution in [-0.4, -0.2) is 25.7 Å². The number of nitrogens with one attached hydrogen (secondary N) is 2. The highest BCUT2D eigenvalue weighted by Gasteiger charge is 2.26. The number of hydrogen-bond acceptors (Lipinski definition) is 5. The molecule has 0 aromatic heterocycles. The zero-order valence-corrected chi connectivity index (χ0v) is 18.0. The SMILES string of the molecule is CCOc1cc(C(=O)NNC2=CC(C)(C)C[C@@H](C)C2)cc(OCC)c1OCC. The van der Waals surface area contributed by atoms with Crippen LogP contribution in [-0.2, 0) is 0 Å². The van der Waals surface area contributed by atoms with Gasteiger partial charge in [0.15, 0.2) is 11.5 Å². The average Bonchev–Trinajstić information content (AvgIpc) is 2.61. The molecule has 156 valence electrons. The molecule has 1 atom stereocenters. The Hall–Kier alpha value is -2.37. The number of carbonyl (C=O) groups excluding carboxylic acids is 1. The second kappa shape index (κ2) is 9.71. The van der Waals surface area contributed by atoms with Crippen molar-refractivity contribution >= 4 is 5.91 Å². The summed E-state index contributed by atoms with van der Waals surface area (Å²) in [6, 6.07) is 3.38. The molecule has 0 spiro atoms. The van der Waals surface area contributed by atoms with Crippen LogP contribution in [0.2, 0.25) is 0 Å². The van der Waals surface area contributed by atoms with Gasteiger partial charge in [0.25, 0.3) is 5.91 Å². The van der Waals surface area contributed by atoms with E-state index in [-0.39, 0.29) is 11.3 Å². The summed E-state index contributed by atoms with van der Waals surface area (Å²) in [5, 5.41) is 0. The highest BCUT2D eigenvalue weighted by atomic mass is 16.5. The van der Waals surface area contributed by atoms with E-state index in [2.05, 4.69) is 37.7 Å². The standard InChI is InChI=1S/C22H34N2O4/c1-7-26-18-11-16(12-19(27-8-2)20(18)28-9-3)21(25)24-23-17-10-15(4)13-22(5,6)14-17/h11-12,14-15,23H,7-10,13H2,1-6H3,(H,24,25)/t15-/m0/s1. The van der Waals surface area contributed by atoms with Crippen LogP contribution in [0.15, 0.2) is 23.9 Å². The van der Waals surface area contributed by atoms with Crippen molar-refractivity contribution in [1.29, 1.82) is 0 Å². The summed E-state index contributed by atoms with van der Waals surface area (Å²) in [5.74, 6) is 1.86. The fraction of sp³-hybridized carbons (Fsp3) is 0.591. The van der Waals surface area contributed by atoms with Gasteiger partial charge >= 0.3 is 0 Å². The molecule has 28 heavy (non-hydrogen) atoms. The summed E-state index contributed by atoms with van der Waals surface area (Å²) in [6.45, 7) is 13.7. The molecule has 2 N–H and O–H groups in total. The molecule has 0 saturated heterocycles. The van der Waals surface area contributed by atoms with Crippen molar-refractivity contribution in [3.63, 3.8) is 0 Å². The maximum absolute atomic E-state index is 12.8. The van der Waals surface area contributed by atoms with Crippen LogP contribution in [0.5, 0.6) is 17.2 Å². The van der Waals surface area contributed by atoms with Crippen molar-refractivity contribution in [1.82, 2.24) is 10.9 Å². The monoisotopic (exact) mass is 390 g/mol. The second-order valence-electron chi connectivity index (χ2n) is 7.85. The first kappa shape index (κ1) is 21.9. The van der Waals surface area contributed by atoms with Gasteiger partial charge in [-0.25, -0.2) is 0 Å². The van der Waals surface area contributed by atoms with Gasteiger partial charge in [-0.1, -0.05) is 26.8 Å². The predicted molar refractivity (Wildman–Crippen MR) is 111 cm³/mol. The Balaban J connectivity index is 2.21. The van der Waals surface area contributed by atoms with Crippen molar-refractivity contribution in [2.24, 2.45) is 11.3 Å². The van der Waals surface area contributed by atoms with Gasteiger partial charge in [0, 0.05) is 11.3 Å². The van der Waals surface area contributed by atoms with Crippen molar-refractivity contribution in [2.45, 2.75) is 54.4 Å². The van der Waals surface area contributed by atoms with Gasteiger partial charge in [0.1, 0.15) is 0 Å². The number of hydrogen-bond donors (Lipinski definition) is 2. The van der Waals surface area contributed by atoms with E-state index in [4.69, 9.17) is 14.2 Å². The molecule has 1 aliphatic carbocycles. The van der Waals surface area contributed by atoms with Gasteiger partial charge in [-0.3, -0.25) is 10.2 Å². The van der Waals surface area contributed by atoms with Crippen LogP contribution in [0.4, 0.5) is 0 Å². The summed E-state index contributed by atoms with van der Waals surface area (Å²) in [4.78, 5) is 12.8. The fourth-order valence-electron chi connectivity index (χ4n) is 3.75. The molecule has 0 fully saturated rings. The Morgan fingerprint density at radius 2 is 1.64 bits per heavy atom. The summed E-state index contributed by atoms with van der Waals surface area (Å²) in [7, 11) is 0. The van der Waals surface area contributed by atoms with E-state index in [1.165, 1.54) is 0 Å². The maximum atomic E-state index is 12.8. The fourth-order valence-corrected chi connectivity index (χ4v) is 3.75. The Kier molecular flexibility index (Phi) is 7.61. The number of rotatable bonds is 9. The first-order chi connectivity index (χ1) is 13.3. The Labute approximate surface area is 168 Å². The third kappa shape index (κ3) is 5.81. The van der Waals surface area contributed by atoms with E-state index in [1.807, 2.05) is 20.8 Å². The normalized spacial score (nSPS) is 18.1. The zero-order chi connectivity index (χ0) is 20.7. The van der Waals surface area contributed by atoms with Gasteiger partial charge in [-0.05, 0) is 57.1 Å². The van der Waals surface area contributed by atoms with Crippen molar-refractivity contribution in [2.75, 3.05) is 19.8 Å². The smallest absolute Gasteiger partial charge is 0.269 e. The zero-order valence-electron chi connectivity index (χ0n) is 18.0. The second-order valence-corrected chi connectivity index (χ2v) is 7.85. The van der Waals surface area contributed by atoms with E-state index in [0.29, 0.717) is 48.6 Å². The van der Waals surface area contributed by atoms with E-state index in [0.717, 1.165) is 18.5 Å². The Morgan fingerprint density at radius 1 is 1.07 bits per heavy atom. The number of amides is 1. The third-order valence-corrected chi connectivity index (χ3v) is 4.52. The summed E-state index contributed by atoms with van der Waals surface area (Å²) < 4.78 is 17.1. The number of hydrazine groups is 1. The van der Waals surface area contributed by atoms with Crippen LogP contribution >= 0.6 is 0 Å². The Bertz CT molecular complexity index is 685. The van der Waals surface area contributed by atoms with E-state index in [9.17, 15) is 4.79 Å². The predicted octanol–water partition coefficient (Wildman–Crippen LogP) is 4.46. The molecule has 0 bridgehead atoms. The van der Waals surface area contributed by atoms with Crippen molar-refractivity contribution < 1.29 is 19.0 Å². The lowest BCUT2D eigenvalue weighted by molar-refractivity contribution is 0.0935. The van der Waals surface area contributed by atoms with Gasteiger partial charge in [0.2, 0.25) is 5.75 Å². The van der Waals surface area contributed by atoms with E-state index < -0.39 is 0 Å². The number of carbonyl (C=O) groups is 1. The minimum Gasteiger partial charge on any atom is -0.490 e. The molecule has 2 rings (SSSR count). The largest absolute Gasteiger partial charge is 0.490 e. The molecular weight excluding hydrogens is 356 g/mol. The molecule has 1 amide bonds. The van der Waals surface area contributed by atoms with Crippen LogP contribution in [0.3, 0.4) is 0 Å². The van der Waals surface area contributed by atoms with Crippen molar-refractivity contribution in [3.8, 4) is 17.2 Å². The lowest BCUT2D eigenvalue weighted by Gasteiger charge is -2.32. The third-order valence-electron chi connectivity index (χ3n) is 4.52. The van der Waals surface area contributed by atoms with Gasteiger partial charge in [-0.15, -0.1) is 0 Å². The number of benzene rings is 1. The first-order valence-corrected chi connectivity index (χ1v) is 10.1. The number of allylic oxidation sites excluding steroid dienone is 2.